The summed E-state index contributed by atoms with van der Waals surface area (Å²) < 4.78 is 1.30. The number of benzene rings is 1. The molecule has 0 spiro atoms. The van der Waals surface area contributed by atoms with Gasteiger partial charge in [0.1, 0.15) is 5.01 Å². The van der Waals surface area contributed by atoms with E-state index in [1.807, 2.05) is 11.3 Å². The molecule has 1 aliphatic rings. The number of aromatic nitrogens is 1. The molecule has 1 atom stereocenters. The molecule has 0 aliphatic heterocycles. The quantitative estimate of drug-likeness (QED) is 0.825. The molecule has 2 aromatic rings. The summed E-state index contributed by atoms with van der Waals surface area (Å²) in [5, 5.41) is 4.94. The number of hydrogen-bond donors (Lipinski definition) is 1. The van der Waals surface area contributed by atoms with E-state index in [1.165, 1.54) is 41.8 Å². The van der Waals surface area contributed by atoms with Gasteiger partial charge < -0.3 is 5.32 Å². The van der Waals surface area contributed by atoms with Crippen LogP contribution in [-0.4, -0.2) is 11.0 Å². The molecule has 1 aliphatic carbocycles. The average molecular weight is 288 g/mol. The zero-order chi connectivity index (χ0) is 14.0. The van der Waals surface area contributed by atoms with E-state index in [9.17, 15) is 0 Å². The van der Waals surface area contributed by atoms with E-state index in [0.29, 0.717) is 11.5 Å². The van der Waals surface area contributed by atoms with Crippen molar-refractivity contribution in [2.45, 2.75) is 58.5 Å². The van der Waals surface area contributed by atoms with E-state index >= 15 is 0 Å². The van der Waals surface area contributed by atoms with Crippen molar-refractivity contribution in [1.29, 1.82) is 0 Å². The molecule has 1 heterocycles. The Hall–Kier alpha value is -0.930. The SMILES string of the molecule is CC1(C)CCCC(NCc2nc3ccccc3s2)CC1. The molecule has 0 saturated heterocycles. The van der Waals surface area contributed by atoms with Gasteiger partial charge in [0.2, 0.25) is 0 Å². The lowest BCUT2D eigenvalue weighted by Gasteiger charge is -2.22. The van der Waals surface area contributed by atoms with Crippen LogP contribution in [0.2, 0.25) is 0 Å². The molecule has 1 fully saturated rings. The number of hydrogen-bond acceptors (Lipinski definition) is 3. The van der Waals surface area contributed by atoms with E-state index in [-0.39, 0.29) is 0 Å². The topological polar surface area (TPSA) is 24.9 Å². The Morgan fingerprint density at radius 2 is 2.10 bits per heavy atom. The van der Waals surface area contributed by atoms with E-state index in [2.05, 4.69) is 43.4 Å². The first-order valence-electron chi connectivity index (χ1n) is 7.70. The third kappa shape index (κ3) is 3.39. The molecular formula is C17H24N2S. The number of fused-ring (bicyclic) bond motifs is 1. The van der Waals surface area contributed by atoms with Gasteiger partial charge in [-0.1, -0.05) is 32.4 Å². The maximum absolute atomic E-state index is 4.71. The Morgan fingerprint density at radius 1 is 1.25 bits per heavy atom. The molecule has 0 radical (unpaired) electrons. The normalized spacial score (nSPS) is 22.8. The van der Waals surface area contributed by atoms with Crippen molar-refractivity contribution in [3.63, 3.8) is 0 Å². The minimum absolute atomic E-state index is 0.534. The van der Waals surface area contributed by atoms with Crippen LogP contribution in [0.15, 0.2) is 24.3 Å². The van der Waals surface area contributed by atoms with Crippen LogP contribution in [-0.2, 0) is 6.54 Å². The molecule has 1 N–H and O–H groups in total. The van der Waals surface area contributed by atoms with E-state index < -0.39 is 0 Å². The minimum atomic E-state index is 0.534. The van der Waals surface area contributed by atoms with Gasteiger partial charge in [0.25, 0.3) is 0 Å². The predicted molar refractivity (Wildman–Crippen MR) is 87.1 cm³/mol. The zero-order valence-electron chi connectivity index (χ0n) is 12.5. The molecule has 1 aromatic carbocycles. The van der Waals surface area contributed by atoms with Gasteiger partial charge in [0.05, 0.1) is 10.2 Å². The molecule has 3 rings (SSSR count). The van der Waals surface area contributed by atoms with Crippen LogP contribution in [0, 0.1) is 5.41 Å². The highest BCUT2D eigenvalue weighted by Gasteiger charge is 2.24. The van der Waals surface area contributed by atoms with Gasteiger partial charge in [0, 0.05) is 12.6 Å². The van der Waals surface area contributed by atoms with Crippen molar-refractivity contribution in [3.8, 4) is 0 Å². The third-order valence-electron chi connectivity index (χ3n) is 4.46. The maximum atomic E-state index is 4.71. The van der Waals surface area contributed by atoms with Gasteiger partial charge >= 0.3 is 0 Å². The van der Waals surface area contributed by atoms with E-state index in [4.69, 9.17) is 4.98 Å². The lowest BCUT2D eigenvalue weighted by molar-refractivity contribution is 0.309. The Kier molecular flexibility index (Phi) is 4.08. The summed E-state index contributed by atoms with van der Waals surface area (Å²) in [5.74, 6) is 0. The molecule has 1 aromatic heterocycles. The number of nitrogens with zero attached hydrogens (tertiary/aromatic N) is 1. The predicted octanol–water partition coefficient (Wildman–Crippen LogP) is 4.74. The fraction of sp³-hybridized carbons (Fsp3) is 0.588. The number of rotatable bonds is 3. The van der Waals surface area contributed by atoms with Crippen molar-refractivity contribution in [2.75, 3.05) is 0 Å². The van der Waals surface area contributed by atoms with Gasteiger partial charge in [-0.2, -0.15) is 0 Å². The Bertz CT molecular complexity index is 540. The van der Waals surface area contributed by atoms with Gasteiger partial charge in [-0.05, 0) is 43.2 Å². The van der Waals surface area contributed by atoms with Crippen molar-refractivity contribution >= 4 is 21.6 Å². The van der Waals surface area contributed by atoms with Crippen molar-refractivity contribution in [3.05, 3.63) is 29.3 Å². The molecule has 0 amide bonds. The first kappa shape index (κ1) is 14.0. The minimum Gasteiger partial charge on any atom is -0.308 e. The summed E-state index contributed by atoms with van der Waals surface area (Å²) in [6.07, 6.45) is 6.67. The van der Waals surface area contributed by atoms with Crippen LogP contribution in [0.3, 0.4) is 0 Å². The summed E-state index contributed by atoms with van der Waals surface area (Å²) in [6, 6.07) is 9.08. The van der Waals surface area contributed by atoms with Gasteiger partial charge in [-0.15, -0.1) is 11.3 Å². The standard InChI is InChI=1S/C17H24N2S/c1-17(2)10-5-6-13(9-11-17)18-12-16-19-14-7-3-4-8-15(14)20-16/h3-4,7-8,13,18H,5-6,9-12H2,1-2H3. The Labute approximate surface area is 125 Å². The zero-order valence-corrected chi connectivity index (χ0v) is 13.3. The molecule has 1 saturated carbocycles. The third-order valence-corrected chi connectivity index (χ3v) is 5.49. The van der Waals surface area contributed by atoms with Crippen LogP contribution in [0.5, 0.6) is 0 Å². The van der Waals surface area contributed by atoms with Gasteiger partial charge in [-0.3, -0.25) is 0 Å². The second-order valence-corrected chi connectivity index (χ2v) is 7.86. The van der Waals surface area contributed by atoms with Crippen molar-refractivity contribution < 1.29 is 0 Å². The van der Waals surface area contributed by atoms with Crippen LogP contribution in [0.25, 0.3) is 10.2 Å². The molecular weight excluding hydrogens is 264 g/mol. The Balaban J connectivity index is 1.59. The highest BCUT2D eigenvalue weighted by atomic mass is 32.1. The van der Waals surface area contributed by atoms with Crippen molar-refractivity contribution in [2.24, 2.45) is 5.41 Å². The summed E-state index contributed by atoms with van der Waals surface area (Å²) >= 11 is 1.82. The summed E-state index contributed by atoms with van der Waals surface area (Å²) in [7, 11) is 0. The maximum Gasteiger partial charge on any atom is 0.108 e. The van der Waals surface area contributed by atoms with Crippen LogP contribution in [0.1, 0.15) is 51.0 Å². The van der Waals surface area contributed by atoms with E-state index in [1.54, 1.807) is 0 Å². The first-order chi connectivity index (χ1) is 9.62. The highest BCUT2D eigenvalue weighted by molar-refractivity contribution is 7.18. The first-order valence-corrected chi connectivity index (χ1v) is 8.52. The van der Waals surface area contributed by atoms with Crippen LogP contribution >= 0.6 is 11.3 Å². The lowest BCUT2D eigenvalue weighted by Crippen LogP contribution is -2.28. The fourth-order valence-corrected chi connectivity index (χ4v) is 4.01. The molecule has 2 nitrogen and oxygen atoms in total. The van der Waals surface area contributed by atoms with Crippen LogP contribution in [0.4, 0.5) is 0 Å². The second-order valence-electron chi connectivity index (χ2n) is 6.75. The van der Waals surface area contributed by atoms with Gasteiger partial charge in [-0.25, -0.2) is 4.98 Å². The summed E-state index contributed by atoms with van der Waals surface area (Å²) in [6.45, 7) is 5.73. The molecule has 20 heavy (non-hydrogen) atoms. The highest BCUT2D eigenvalue weighted by Crippen LogP contribution is 2.33. The Morgan fingerprint density at radius 3 is 2.95 bits per heavy atom. The largest absolute Gasteiger partial charge is 0.308 e. The van der Waals surface area contributed by atoms with Crippen LogP contribution < -0.4 is 5.32 Å². The van der Waals surface area contributed by atoms with Gasteiger partial charge in [0.15, 0.2) is 0 Å². The van der Waals surface area contributed by atoms with E-state index in [0.717, 1.165) is 12.1 Å². The second kappa shape index (κ2) is 5.82. The smallest absolute Gasteiger partial charge is 0.108 e. The lowest BCUT2D eigenvalue weighted by atomic mass is 9.85. The molecule has 0 bridgehead atoms. The summed E-state index contributed by atoms with van der Waals surface area (Å²) in [5.41, 5.74) is 1.67. The number of para-hydroxylation sites is 1. The molecule has 3 heteroatoms. The molecule has 108 valence electrons. The number of thiazole rings is 1. The fourth-order valence-electron chi connectivity index (χ4n) is 3.09. The average Bonchev–Trinajstić information content (AvgIpc) is 2.75. The van der Waals surface area contributed by atoms with Crippen molar-refractivity contribution in [1.82, 2.24) is 10.3 Å². The monoisotopic (exact) mass is 288 g/mol. The molecule has 1 unspecified atom stereocenters. The number of nitrogens with one attached hydrogen (secondary N) is 1. The summed E-state index contributed by atoms with van der Waals surface area (Å²) in [4.78, 5) is 4.71.